The van der Waals surface area contributed by atoms with Crippen LogP contribution in [-0.4, -0.2) is 30.8 Å². The molecule has 0 amide bonds. The summed E-state index contributed by atoms with van der Waals surface area (Å²) in [5.41, 5.74) is 2.29. The fraction of sp³-hybridized carbons (Fsp3) is 0.235. The number of aryl methyl sites for hydroxylation is 1. The van der Waals surface area contributed by atoms with Crippen molar-refractivity contribution in [3.63, 3.8) is 0 Å². The molecule has 0 heterocycles. The predicted molar refractivity (Wildman–Crippen MR) is 87.6 cm³/mol. The Kier molecular flexibility index (Phi) is 5.18. The van der Waals surface area contributed by atoms with Gasteiger partial charge in [0.1, 0.15) is 0 Å². The van der Waals surface area contributed by atoms with Crippen LogP contribution in [0.3, 0.4) is 0 Å². The quantitative estimate of drug-likeness (QED) is 0.881. The summed E-state index contributed by atoms with van der Waals surface area (Å²) in [4.78, 5) is 11.1. The topological polar surface area (TPSA) is 74.7 Å². The molecule has 0 spiro atoms. The number of nitrogens with zero attached hydrogens (tertiary/aromatic N) is 1. The van der Waals surface area contributed by atoms with Crippen LogP contribution in [0.15, 0.2) is 53.4 Å². The summed E-state index contributed by atoms with van der Waals surface area (Å²) < 4.78 is 26.4. The minimum atomic E-state index is -3.61. The highest BCUT2D eigenvalue weighted by atomic mass is 32.2. The highest BCUT2D eigenvalue weighted by molar-refractivity contribution is 7.89. The predicted octanol–water partition coefficient (Wildman–Crippen LogP) is 2.44. The molecule has 5 nitrogen and oxygen atoms in total. The number of carboxylic acid groups (broad SMARTS) is 1. The largest absolute Gasteiger partial charge is 0.481 e. The molecule has 0 aliphatic heterocycles. The molecule has 2 rings (SSSR count). The fourth-order valence-corrected chi connectivity index (χ4v) is 3.41. The molecule has 0 unspecified atom stereocenters. The van der Waals surface area contributed by atoms with Gasteiger partial charge in [-0.3, -0.25) is 4.79 Å². The number of aliphatic carboxylic acids is 1. The number of carboxylic acids is 1. The highest BCUT2D eigenvalue weighted by Gasteiger charge is 2.21. The number of hydrogen-bond acceptors (Lipinski definition) is 3. The summed E-state index contributed by atoms with van der Waals surface area (Å²) in [6.45, 7) is 2.02. The number of benzene rings is 2. The van der Waals surface area contributed by atoms with E-state index in [0.29, 0.717) is 11.1 Å². The van der Waals surface area contributed by atoms with Crippen LogP contribution in [0.25, 0.3) is 0 Å². The van der Waals surface area contributed by atoms with Gasteiger partial charge in [-0.15, -0.1) is 0 Å². The van der Waals surface area contributed by atoms with Crippen LogP contribution in [0, 0.1) is 6.92 Å². The SMILES string of the molecule is Cc1ccc(S(=O)(=O)N(C)Cc2ccccc2CC(=O)O)cc1. The Labute approximate surface area is 136 Å². The lowest BCUT2D eigenvalue weighted by Crippen LogP contribution is -2.27. The number of hydrogen-bond donors (Lipinski definition) is 1. The van der Waals surface area contributed by atoms with Gasteiger partial charge in [0.05, 0.1) is 11.3 Å². The van der Waals surface area contributed by atoms with Gasteiger partial charge in [-0.1, -0.05) is 42.0 Å². The van der Waals surface area contributed by atoms with Crippen molar-refractivity contribution in [2.45, 2.75) is 24.8 Å². The van der Waals surface area contributed by atoms with Crippen LogP contribution in [0.2, 0.25) is 0 Å². The molecule has 6 heteroatoms. The fourth-order valence-electron chi connectivity index (χ4n) is 2.26. The molecule has 0 bridgehead atoms. The van der Waals surface area contributed by atoms with Crippen LogP contribution in [0.4, 0.5) is 0 Å². The third-order valence-corrected chi connectivity index (χ3v) is 5.40. The third kappa shape index (κ3) is 4.18. The van der Waals surface area contributed by atoms with E-state index in [4.69, 9.17) is 5.11 Å². The summed E-state index contributed by atoms with van der Waals surface area (Å²) in [6, 6.07) is 13.6. The summed E-state index contributed by atoms with van der Waals surface area (Å²) >= 11 is 0. The molecule has 0 saturated heterocycles. The van der Waals surface area contributed by atoms with Crippen molar-refractivity contribution in [2.75, 3.05) is 7.05 Å². The first kappa shape index (κ1) is 17.2. The van der Waals surface area contributed by atoms with Crippen LogP contribution in [-0.2, 0) is 27.8 Å². The molecular formula is C17H19NO4S. The van der Waals surface area contributed by atoms with Gasteiger partial charge in [0.25, 0.3) is 0 Å². The van der Waals surface area contributed by atoms with E-state index in [0.717, 1.165) is 5.56 Å². The number of rotatable bonds is 6. The summed E-state index contributed by atoms with van der Waals surface area (Å²) in [6.07, 6.45) is -0.130. The molecule has 0 aliphatic carbocycles. The molecule has 0 atom stereocenters. The van der Waals surface area contributed by atoms with Gasteiger partial charge < -0.3 is 5.11 Å². The van der Waals surface area contributed by atoms with E-state index >= 15 is 0 Å². The Hall–Kier alpha value is -2.18. The Balaban J connectivity index is 2.26. The standard InChI is InChI=1S/C17H19NO4S/c1-13-7-9-16(10-8-13)23(21,22)18(2)12-15-6-4-3-5-14(15)11-17(19)20/h3-10H,11-12H2,1-2H3,(H,19,20). The zero-order chi connectivity index (χ0) is 17.0. The minimum absolute atomic E-state index is 0.125. The zero-order valence-electron chi connectivity index (χ0n) is 13.1. The average molecular weight is 333 g/mol. The van der Waals surface area contributed by atoms with E-state index in [2.05, 4.69) is 0 Å². The Morgan fingerprint density at radius 3 is 2.17 bits per heavy atom. The summed E-state index contributed by atoms with van der Waals surface area (Å²) in [5, 5.41) is 8.96. The van der Waals surface area contributed by atoms with Crippen molar-refractivity contribution in [1.82, 2.24) is 4.31 Å². The Morgan fingerprint density at radius 2 is 1.61 bits per heavy atom. The van der Waals surface area contributed by atoms with Gasteiger partial charge in [-0.05, 0) is 30.2 Å². The normalized spacial score (nSPS) is 11.6. The third-order valence-electron chi connectivity index (χ3n) is 3.58. The van der Waals surface area contributed by atoms with Crippen molar-refractivity contribution in [3.8, 4) is 0 Å². The van der Waals surface area contributed by atoms with E-state index in [-0.39, 0.29) is 17.9 Å². The van der Waals surface area contributed by atoms with E-state index in [1.165, 1.54) is 11.4 Å². The first-order valence-corrected chi connectivity index (χ1v) is 8.56. The first-order valence-electron chi connectivity index (χ1n) is 7.12. The van der Waals surface area contributed by atoms with E-state index in [1.807, 2.05) is 6.92 Å². The van der Waals surface area contributed by atoms with Crippen LogP contribution in [0.5, 0.6) is 0 Å². The second kappa shape index (κ2) is 6.93. The lowest BCUT2D eigenvalue weighted by Gasteiger charge is -2.19. The van der Waals surface area contributed by atoms with Crippen LogP contribution in [0.1, 0.15) is 16.7 Å². The van der Waals surface area contributed by atoms with Crippen molar-refractivity contribution >= 4 is 16.0 Å². The van der Waals surface area contributed by atoms with Gasteiger partial charge >= 0.3 is 5.97 Å². The maximum Gasteiger partial charge on any atom is 0.307 e. The zero-order valence-corrected chi connectivity index (χ0v) is 13.9. The van der Waals surface area contributed by atoms with Crippen molar-refractivity contribution < 1.29 is 18.3 Å². The molecular weight excluding hydrogens is 314 g/mol. The van der Waals surface area contributed by atoms with Gasteiger partial charge in [-0.25, -0.2) is 8.42 Å². The number of carbonyl (C=O) groups is 1. The van der Waals surface area contributed by atoms with Gasteiger partial charge in [0.15, 0.2) is 0 Å². The van der Waals surface area contributed by atoms with E-state index in [9.17, 15) is 13.2 Å². The smallest absolute Gasteiger partial charge is 0.307 e. The van der Waals surface area contributed by atoms with Crippen molar-refractivity contribution in [3.05, 3.63) is 65.2 Å². The van der Waals surface area contributed by atoms with Gasteiger partial charge in [0.2, 0.25) is 10.0 Å². The molecule has 1 N–H and O–H groups in total. The molecule has 0 radical (unpaired) electrons. The minimum Gasteiger partial charge on any atom is -0.481 e. The maximum absolute atomic E-state index is 12.6. The summed E-state index contributed by atoms with van der Waals surface area (Å²) in [7, 11) is -2.12. The molecule has 2 aromatic carbocycles. The van der Waals surface area contributed by atoms with Crippen LogP contribution < -0.4 is 0 Å². The highest BCUT2D eigenvalue weighted by Crippen LogP contribution is 2.19. The Bertz CT molecular complexity index is 798. The van der Waals surface area contributed by atoms with Gasteiger partial charge in [0, 0.05) is 13.6 Å². The Morgan fingerprint density at radius 1 is 1.04 bits per heavy atom. The molecule has 23 heavy (non-hydrogen) atoms. The maximum atomic E-state index is 12.6. The molecule has 0 saturated carbocycles. The second-order valence-corrected chi connectivity index (χ2v) is 7.46. The average Bonchev–Trinajstić information content (AvgIpc) is 2.49. The molecule has 2 aromatic rings. The van der Waals surface area contributed by atoms with Crippen molar-refractivity contribution in [2.24, 2.45) is 0 Å². The molecule has 122 valence electrons. The van der Waals surface area contributed by atoms with E-state index < -0.39 is 16.0 Å². The second-order valence-electron chi connectivity index (χ2n) is 5.41. The lowest BCUT2D eigenvalue weighted by molar-refractivity contribution is -0.136. The van der Waals surface area contributed by atoms with E-state index in [1.54, 1.807) is 48.5 Å². The van der Waals surface area contributed by atoms with Crippen LogP contribution >= 0.6 is 0 Å². The molecule has 0 aliphatic rings. The molecule has 0 aromatic heterocycles. The first-order chi connectivity index (χ1) is 10.8. The monoisotopic (exact) mass is 333 g/mol. The number of sulfonamides is 1. The van der Waals surface area contributed by atoms with Crippen molar-refractivity contribution in [1.29, 1.82) is 0 Å². The summed E-state index contributed by atoms with van der Waals surface area (Å²) in [5.74, 6) is -0.943. The van der Waals surface area contributed by atoms with Gasteiger partial charge in [-0.2, -0.15) is 4.31 Å². The molecule has 0 fully saturated rings. The lowest BCUT2D eigenvalue weighted by atomic mass is 10.0.